The minimum absolute atomic E-state index is 0.0403. The molecule has 0 unspecified atom stereocenters. The molecule has 1 aromatic carbocycles. The number of ketones is 1. The predicted molar refractivity (Wildman–Crippen MR) is 77.8 cm³/mol. The summed E-state index contributed by atoms with van der Waals surface area (Å²) >= 11 is 0. The summed E-state index contributed by atoms with van der Waals surface area (Å²) in [5, 5.41) is 0. The van der Waals surface area contributed by atoms with Gasteiger partial charge in [0.25, 0.3) is 0 Å². The molecular weight excluding hydrogens is 270 g/mol. The molecule has 1 aromatic rings. The lowest BCUT2D eigenvalue weighted by Crippen LogP contribution is -2.54. The zero-order valence-electron chi connectivity index (χ0n) is 12.5. The lowest BCUT2D eigenvalue weighted by Gasteiger charge is -2.39. The second-order valence-electron chi connectivity index (χ2n) is 5.39. The largest absolute Gasteiger partial charge is 0.445 e. The van der Waals surface area contributed by atoms with Gasteiger partial charge in [-0.2, -0.15) is 0 Å². The van der Waals surface area contributed by atoms with E-state index >= 15 is 0 Å². The quantitative estimate of drug-likeness (QED) is 0.854. The van der Waals surface area contributed by atoms with Crippen LogP contribution in [0, 0.1) is 0 Å². The normalized spacial score (nSPS) is 21.9. The van der Waals surface area contributed by atoms with E-state index < -0.39 is 0 Å². The molecule has 21 heavy (non-hydrogen) atoms. The first-order valence-electron chi connectivity index (χ1n) is 7.14. The number of benzene rings is 1. The van der Waals surface area contributed by atoms with Gasteiger partial charge in [0.15, 0.2) is 0 Å². The van der Waals surface area contributed by atoms with Gasteiger partial charge in [-0.25, -0.2) is 4.79 Å². The molecule has 0 saturated carbocycles. The molecule has 0 aliphatic carbocycles. The summed E-state index contributed by atoms with van der Waals surface area (Å²) in [7, 11) is 0. The number of morpholine rings is 1. The molecule has 5 nitrogen and oxygen atoms in total. The number of Topliss-reactive ketones (excluding diaryl/α,β-unsaturated/α-hetero) is 1. The van der Waals surface area contributed by atoms with Crippen molar-refractivity contribution in [2.75, 3.05) is 13.2 Å². The minimum atomic E-state index is -0.388. The number of ether oxygens (including phenoxy) is 2. The monoisotopic (exact) mass is 291 g/mol. The molecule has 114 valence electrons. The van der Waals surface area contributed by atoms with Crippen molar-refractivity contribution in [2.24, 2.45) is 0 Å². The van der Waals surface area contributed by atoms with Crippen molar-refractivity contribution >= 4 is 11.9 Å². The van der Waals surface area contributed by atoms with E-state index in [0.29, 0.717) is 19.6 Å². The molecule has 0 radical (unpaired) electrons. The zero-order chi connectivity index (χ0) is 15.2. The molecule has 1 aliphatic rings. The van der Waals surface area contributed by atoms with Crippen LogP contribution in [0.2, 0.25) is 0 Å². The van der Waals surface area contributed by atoms with Crippen molar-refractivity contribution in [3.05, 3.63) is 35.9 Å². The Balaban J connectivity index is 1.98. The average molecular weight is 291 g/mol. The number of hydrogen-bond donors (Lipinski definition) is 0. The number of carbonyl (C=O) groups is 2. The third kappa shape index (κ3) is 4.29. The van der Waals surface area contributed by atoms with E-state index in [9.17, 15) is 9.59 Å². The first-order chi connectivity index (χ1) is 10.1. The number of nitrogens with zero attached hydrogens (tertiary/aromatic N) is 1. The lowest BCUT2D eigenvalue weighted by molar-refractivity contribution is -0.120. The van der Waals surface area contributed by atoms with E-state index in [2.05, 4.69) is 0 Å². The number of hydrogen-bond acceptors (Lipinski definition) is 4. The molecule has 1 heterocycles. The Labute approximate surface area is 124 Å². The molecule has 1 amide bonds. The van der Waals surface area contributed by atoms with Crippen molar-refractivity contribution in [3.8, 4) is 0 Å². The minimum Gasteiger partial charge on any atom is -0.445 e. The van der Waals surface area contributed by atoms with E-state index in [1.807, 2.05) is 37.3 Å². The fourth-order valence-electron chi connectivity index (χ4n) is 2.51. The standard InChI is InChI=1S/C16H21NO4/c1-12-9-20-11-15(8-13(2)18)17(12)16(19)21-10-14-6-4-3-5-7-14/h3-7,12,15H,8-11H2,1-2H3/t12-,15+/m0/s1. The lowest BCUT2D eigenvalue weighted by atomic mass is 10.1. The number of carbonyl (C=O) groups excluding carboxylic acids is 2. The Morgan fingerprint density at radius 2 is 2.00 bits per heavy atom. The Hall–Kier alpha value is -1.88. The second-order valence-corrected chi connectivity index (χ2v) is 5.39. The van der Waals surface area contributed by atoms with Gasteiger partial charge in [0, 0.05) is 6.42 Å². The van der Waals surface area contributed by atoms with Crippen LogP contribution in [0.4, 0.5) is 4.79 Å². The van der Waals surface area contributed by atoms with Gasteiger partial charge >= 0.3 is 6.09 Å². The highest BCUT2D eigenvalue weighted by Gasteiger charge is 2.34. The van der Waals surface area contributed by atoms with Gasteiger partial charge in [0.2, 0.25) is 0 Å². The van der Waals surface area contributed by atoms with Crippen LogP contribution in [0.25, 0.3) is 0 Å². The second kappa shape index (κ2) is 7.22. The Morgan fingerprint density at radius 1 is 1.29 bits per heavy atom. The molecule has 1 saturated heterocycles. The van der Waals surface area contributed by atoms with E-state index in [0.717, 1.165) is 5.56 Å². The van der Waals surface area contributed by atoms with Crippen molar-refractivity contribution in [1.82, 2.24) is 4.90 Å². The molecule has 1 fully saturated rings. The van der Waals surface area contributed by atoms with Gasteiger partial charge in [-0.1, -0.05) is 30.3 Å². The maximum absolute atomic E-state index is 12.3. The first kappa shape index (κ1) is 15.5. The molecule has 0 aromatic heterocycles. The van der Waals surface area contributed by atoms with Crippen molar-refractivity contribution < 1.29 is 19.1 Å². The molecular formula is C16H21NO4. The molecule has 5 heteroatoms. The Kier molecular flexibility index (Phi) is 5.33. The molecule has 0 N–H and O–H groups in total. The summed E-state index contributed by atoms with van der Waals surface area (Å²) in [5.74, 6) is 0.0403. The summed E-state index contributed by atoms with van der Waals surface area (Å²) in [4.78, 5) is 25.3. The summed E-state index contributed by atoms with van der Waals surface area (Å²) in [5.41, 5.74) is 0.940. The van der Waals surface area contributed by atoms with Crippen LogP contribution in [-0.2, 0) is 20.9 Å². The highest BCUT2D eigenvalue weighted by atomic mass is 16.6. The Bertz CT molecular complexity index is 488. The molecule has 1 aliphatic heterocycles. The maximum atomic E-state index is 12.3. The van der Waals surface area contributed by atoms with Gasteiger partial charge < -0.3 is 9.47 Å². The van der Waals surface area contributed by atoms with E-state index in [-0.39, 0.29) is 30.6 Å². The third-order valence-electron chi connectivity index (χ3n) is 3.48. The van der Waals surface area contributed by atoms with Gasteiger partial charge in [0.05, 0.1) is 25.3 Å². The predicted octanol–water partition coefficient (Wildman–Crippen LogP) is 2.39. The van der Waals surface area contributed by atoms with Crippen LogP contribution in [0.3, 0.4) is 0 Å². The van der Waals surface area contributed by atoms with Crippen molar-refractivity contribution in [1.29, 1.82) is 0 Å². The van der Waals surface area contributed by atoms with Crippen LogP contribution in [-0.4, -0.2) is 42.1 Å². The summed E-state index contributed by atoms with van der Waals surface area (Å²) < 4.78 is 10.8. The van der Waals surface area contributed by atoms with Gasteiger partial charge in [-0.15, -0.1) is 0 Å². The molecule has 2 atom stereocenters. The van der Waals surface area contributed by atoms with Crippen LogP contribution in [0.5, 0.6) is 0 Å². The fraction of sp³-hybridized carbons (Fsp3) is 0.500. The third-order valence-corrected chi connectivity index (χ3v) is 3.48. The van der Waals surface area contributed by atoms with Crippen LogP contribution >= 0.6 is 0 Å². The fourth-order valence-corrected chi connectivity index (χ4v) is 2.51. The number of amides is 1. The van der Waals surface area contributed by atoms with Crippen LogP contribution in [0.15, 0.2) is 30.3 Å². The van der Waals surface area contributed by atoms with Gasteiger partial charge in [0.1, 0.15) is 12.4 Å². The average Bonchev–Trinajstić information content (AvgIpc) is 2.45. The van der Waals surface area contributed by atoms with E-state index in [1.165, 1.54) is 6.92 Å². The van der Waals surface area contributed by atoms with Crippen molar-refractivity contribution in [2.45, 2.75) is 39.0 Å². The zero-order valence-corrected chi connectivity index (χ0v) is 12.5. The topological polar surface area (TPSA) is 55.8 Å². The highest BCUT2D eigenvalue weighted by Crippen LogP contribution is 2.18. The van der Waals surface area contributed by atoms with Gasteiger partial charge in [-0.3, -0.25) is 9.69 Å². The summed E-state index contributed by atoms with van der Waals surface area (Å²) in [6.07, 6.45) is -0.0916. The summed E-state index contributed by atoms with van der Waals surface area (Å²) in [6.45, 7) is 4.50. The summed E-state index contributed by atoms with van der Waals surface area (Å²) in [6, 6.07) is 9.20. The maximum Gasteiger partial charge on any atom is 0.410 e. The highest BCUT2D eigenvalue weighted by molar-refractivity contribution is 5.77. The van der Waals surface area contributed by atoms with E-state index in [1.54, 1.807) is 4.90 Å². The van der Waals surface area contributed by atoms with Crippen molar-refractivity contribution in [3.63, 3.8) is 0 Å². The first-order valence-corrected chi connectivity index (χ1v) is 7.14. The molecule has 2 rings (SSSR count). The smallest absolute Gasteiger partial charge is 0.410 e. The SMILES string of the molecule is CC(=O)C[C@@H]1COC[C@H](C)N1C(=O)OCc1ccccc1. The molecule has 0 bridgehead atoms. The van der Waals surface area contributed by atoms with Crippen LogP contribution in [0.1, 0.15) is 25.8 Å². The number of rotatable bonds is 4. The Morgan fingerprint density at radius 3 is 2.67 bits per heavy atom. The van der Waals surface area contributed by atoms with Crippen LogP contribution < -0.4 is 0 Å². The van der Waals surface area contributed by atoms with E-state index in [4.69, 9.17) is 9.47 Å². The van der Waals surface area contributed by atoms with Gasteiger partial charge in [-0.05, 0) is 19.4 Å². The molecule has 0 spiro atoms.